The van der Waals surface area contributed by atoms with Crippen LogP contribution in [0.4, 0.5) is 0 Å². The highest BCUT2D eigenvalue weighted by atomic mass is 79.9. The summed E-state index contributed by atoms with van der Waals surface area (Å²) in [5, 5.41) is 5.71. The number of thiophene rings is 1. The first-order valence-electron chi connectivity index (χ1n) is 5.63. The lowest BCUT2D eigenvalue weighted by molar-refractivity contribution is 0.257. The van der Waals surface area contributed by atoms with Gasteiger partial charge in [-0.2, -0.15) is 0 Å². The fourth-order valence-corrected chi connectivity index (χ4v) is 4.36. The van der Waals surface area contributed by atoms with Gasteiger partial charge in [-0.3, -0.25) is 0 Å². The van der Waals surface area contributed by atoms with Crippen LogP contribution in [0.3, 0.4) is 0 Å². The smallest absolute Gasteiger partial charge is 0.0317 e. The third-order valence-electron chi connectivity index (χ3n) is 3.37. The number of nitrogens with one attached hydrogen (secondary N) is 1. The van der Waals surface area contributed by atoms with Crippen molar-refractivity contribution in [1.82, 2.24) is 5.32 Å². The normalized spacial score (nSPS) is 27.2. The van der Waals surface area contributed by atoms with Crippen LogP contribution >= 0.6 is 27.3 Å². The van der Waals surface area contributed by atoms with Crippen LogP contribution in [0.25, 0.3) is 0 Å². The molecule has 1 saturated heterocycles. The summed E-state index contributed by atoms with van der Waals surface area (Å²) >= 11 is 5.57. The van der Waals surface area contributed by atoms with E-state index in [0.29, 0.717) is 0 Å². The van der Waals surface area contributed by atoms with Gasteiger partial charge in [0.15, 0.2) is 0 Å². The molecule has 1 aromatic heterocycles. The fraction of sp³-hybridized carbons (Fsp3) is 0.667. The van der Waals surface area contributed by atoms with Crippen molar-refractivity contribution < 1.29 is 0 Å². The molecular formula is C12H18BrNS. The van der Waals surface area contributed by atoms with Gasteiger partial charge >= 0.3 is 0 Å². The SMILES string of the molecule is CC(C)C1CNCCC1c1sccc1Br. The summed E-state index contributed by atoms with van der Waals surface area (Å²) in [7, 11) is 0. The summed E-state index contributed by atoms with van der Waals surface area (Å²) in [5.74, 6) is 2.30. The topological polar surface area (TPSA) is 12.0 Å². The van der Waals surface area contributed by atoms with Gasteiger partial charge < -0.3 is 5.32 Å². The van der Waals surface area contributed by atoms with E-state index in [-0.39, 0.29) is 0 Å². The Morgan fingerprint density at radius 1 is 1.53 bits per heavy atom. The van der Waals surface area contributed by atoms with Crippen LogP contribution in [0.5, 0.6) is 0 Å². The van der Waals surface area contributed by atoms with Crippen molar-refractivity contribution in [1.29, 1.82) is 0 Å². The van der Waals surface area contributed by atoms with E-state index in [0.717, 1.165) is 24.3 Å². The Morgan fingerprint density at radius 2 is 2.33 bits per heavy atom. The maximum Gasteiger partial charge on any atom is 0.0317 e. The molecule has 2 atom stereocenters. The van der Waals surface area contributed by atoms with Crippen molar-refractivity contribution >= 4 is 27.3 Å². The molecular weight excluding hydrogens is 270 g/mol. The number of hydrogen-bond acceptors (Lipinski definition) is 2. The van der Waals surface area contributed by atoms with E-state index in [1.807, 2.05) is 11.3 Å². The summed E-state index contributed by atoms with van der Waals surface area (Å²) in [6.07, 6.45) is 1.28. The highest BCUT2D eigenvalue weighted by Crippen LogP contribution is 2.40. The average Bonchev–Trinajstić information content (AvgIpc) is 2.64. The zero-order chi connectivity index (χ0) is 10.8. The van der Waals surface area contributed by atoms with E-state index in [1.165, 1.54) is 17.4 Å². The molecule has 1 aliphatic heterocycles. The molecule has 15 heavy (non-hydrogen) atoms. The summed E-state index contributed by atoms with van der Waals surface area (Å²) < 4.78 is 1.31. The molecule has 2 heterocycles. The number of rotatable bonds is 2. The first-order chi connectivity index (χ1) is 7.20. The molecule has 1 aromatic rings. The van der Waals surface area contributed by atoms with Crippen LogP contribution < -0.4 is 5.32 Å². The van der Waals surface area contributed by atoms with Crippen LogP contribution in [0.2, 0.25) is 0 Å². The average molecular weight is 288 g/mol. The van der Waals surface area contributed by atoms with E-state index in [1.54, 1.807) is 4.88 Å². The van der Waals surface area contributed by atoms with Crippen molar-refractivity contribution in [2.24, 2.45) is 11.8 Å². The summed E-state index contributed by atoms with van der Waals surface area (Å²) in [4.78, 5) is 1.55. The molecule has 0 aliphatic carbocycles. The number of halogens is 1. The highest BCUT2D eigenvalue weighted by Gasteiger charge is 2.30. The maximum atomic E-state index is 3.67. The van der Waals surface area contributed by atoms with Crippen LogP contribution in [-0.2, 0) is 0 Å². The molecule has 3 heteroatoms. The first kappa shape index (κ1) is 11.6. The van der Waals surface area contributed by atoms with Crippen molar-refractivity contribution in [2.75, 3.05) is 13.1 Å². The van der Waals surface area contributed by atoms with Crippen molar-refractivity contribution in [3.8, 4) is 0 Å². The molecule has 0 saturated carbocycles. The van der Waals surface area contributed by atoms with E-state index >= 15 is 0 Å². The largest absolute Gasteiger partial charge is 0.316 e. The molecule has 1 nitrogen and oxygen atoms in total. The predicted octanol–water partition coefficient (Wildman–Crippen LogP) is 3.86. The second kappa shape index (κ2) is 4.98. The van der Waals surface area contributed by atoms with Gasteiger partial charge in [0.2, 0.25) is 0 Å². The molecule has 0 bridgehead atoms. The summed E-state index contributed by atoms with van der Waals surface area (Å²) in [6.45, 7) is 7.02. The Labute approximate surface area is 104 Å². The van der Waals surface area contributed by atoms with Gasteiger partial charge in [-0.25, -0.2) is 0 Å². The van der Waals surface area contributed by atoms with Crippen LogP contribution in [0.15, 0.2) is 15.9 Å². The molecule has 0 spiro atoms. The fourth-order valence-electron chi connectivity index (χ4n) is 2.48. The molecule has 2 rings (SSSR count). The summed E-state index contributed by atoms with van der Waals surface area (Å²) in [5.41, 5.74) is 0. The quantitative estimate of drug-likeness (QED) is 0.871. The number of hydrogen-bond donors (Lipinski definition) is 1. The predicted molar refractivity (Wildman–Crippen MR) is 70.6 cm³/mol. The molecule has 84 valence electrons. The van der Waals surface area contributed by atoms with Gasteiger partial charge in [0.25, 0.3) is 0 Å². The molecule has 1 N–H and O–H groups in total. The lowest BCUT2D eigenvalue weighted by Crippen LogP contribution is -2.37. The minimum atomic E-state index is 0.751. The monoisotopic (exact) mass is 287 g/mol. The minimum absolute atomic E-state index is 0.751. The van der Waals surface area contributed by atoms with Gasteiger partial charge in [-0.15, -0.1) is 11.3 Å². The molecule has 1 fully saturated rings. The Morgan fingerprint density at radius 3 is 2.93 bits per heavy atom. The lowest BCUT2D eigenvalue weighted by atomic mass is 9.78. The Balaban J connectivity index is 2.21. The van der Waals surface area contributed by atoms with Crippen molar-refractivity contribution in [2.45, 2.75) is 26.2 Å². The molecule has 0 radical (unpaired) electrons. The van der Waals surface area contributed by atoms with Crippen molar-refractivity contribution in [3.63, 3.8) is 0 Å². The second-order valence-electron chi connectivity index (χ2n) is 4.64. The molecule has 0 amide bonds. The van der Waals surface area contributed by atoms with Gasteiger partial charge in [-0.05, 0) is 64.6 Å². The molecule has 2 unspecified atom stereocenters. The minimum Gasteiger partial charge on any atom is -0.316 e. The standard InChI is InChI=1S/C12H18BrNS/c1-8(2)10-7-14-5-3-9(10)12-11(13)4-6-15-12/h4,6,8-10,14H,3,5,7H2,1-2H3. The molecule has 0 aromatic carbocycles. The van der Waals surface area contributed by atoms with E-state index in [2.05, 4.69) is 46.5 Å². The first-order valence-corrected chi connectivity index (χ1v) is 7.31. The van der Waals surface area contributed by atoms with E-state index in [4.69, 9.17) is 0 Å². The maximum absolute atomic E-state index is 3.67. The lowest BCUT2D eigenvalue weighted by Gasteiger charge is -2.34. The van der Waals surface area contributed by atoms with Crippen LogP contribution in [0.1, 0.15) is 31.1 Å². The molecule has 1 aliphatic rings. The number of piperidine rings is 1. The van der Waals surface area contributed by atoms with Crippen molar-refractivity contribution in [3.05, 3.63) is 20.8 Å². The van der Waals surface area contributed by atoms with Crippen LogP contribution in [0, 0.1) is 11.8 Å². The zero-order valence-electron chi connectivity index (χ0n) is 9.29. The zero-order valence-corrected chi connectivity index (χ0v) is 11.7. The van der Waals surface area contributed by atoms with Crippen LogP contribution in [-0.4, -0.2) is 13.1 Å². The van der Waals surface area contributed by atoms with Gasteiger partial charge in [0, 0.05) is 9.35 Å². The van der Waals surface area contributed by atoms with Gasteiger partial charge in [-0.1, -0.05) is 13.8 Å². The summed E-state index contributed by atoms with van der Waals surface area (Å²) in [6, 6.07) is 2.18. The highest BCUT2D eigenvalue weighted by molar-refractivity contribution is 9.10. The third-order valence-corrected chi connectivity index (χ3v) is 5.37. The van der Waals surface area contributed by atoms with E-state index < -0.39 is 0 Å². The third kappa shape index (κ3) is 2.45. The second-order valence-corrected chi connectivity index (χ2v) is 6.44. The Kier molecular flexibility index (Phi) is 3.86. The van der Waals surface area contributed by atoms with Gasteiger partial charge in [0.05, 0.1) is 0 Å². The Hall–Kier alpha value is 0.140. The van der Waals surface area contributed by atoms with Gasteiger partial charge in [0.1, 0.15) is 0 Å². The van der Waals surface area contributed by atoms with E-state index in [9.17, 15) is 0 Å². The Bertz CT molecular complexity index is 321.